The van der Waals surface area contributed by atoms with E-state index in [0.717, 1.165) is 25.1 Å². The summed E-state index contributed by atoms with van der Waals surface area (Å²) >= 11 is 0. The number of carbonyl (C=O) groups is 2. The Morgan fingerprint density at radius 3 is 2.56 bits per heavy atom. The topological polar surface area (TPSA) is 61.4 Å². The first-order valence-electron chi connectivity index (χ1n) is 10.5. The lowest BCUT2D eigenvalue weighted by Crippen LogP contribution is -2.40. The summed E-state index contributed by atoms with van der Waals surface area (Å²) < 4.78 is 0. The number of nitrogens with zero attached hydrogens (tertiary/aromatic N) is 1. The van der Waals surface area contributed by atoms with Crippen molar-refractivity contribution in [2.24, 2.45) is 0 Å². The maximum absolute atomic E-state index is 12.2. The minimum atomic E-state index is -0.110. The van der Waals surface area contributed by atoms with Crippen molar-refractivity contribution >= 4 is 11.8 Å². The van der Waals surface area contributed by atoms with Crippen LogP contribution in [0.3, 0.4) is 0 Å². The van der Waals surface area contributed by atoms with Crippen molar-refractivity contribution in [1.82, 2.24) is 15.5 Å². The van der Waals surface area contributed by atoms with Gasteiger partial charge in [0.05, 0.1) is 0 Å². The summed E-state index contributed by atoms with van der Waals surface area (Å²) in [5.74, 6) is -0.0749. The lowest BCUT2D eigenvalue weighted by Gasteiger charge is -2.26. The maximum atomic E-state index is 12.2. The first-order chi connectivity index (χ1) is 13.1. The average Bonchev–Trinajstić information content (AvgIpc) is 2.94. The third kappa shape index (κ3) is 5.80. The molecular weight excluding hydrogens is 338 g/mol. The smallest absolute Gasteiger partial charge is 0.251 e. The molecule has 1 aromatic rings. The van der Waals surface area contributed by atoms with Crippen molar-refractivity contribution in [1.29, 1.82) is 0 Å². The van der Waals surface area contributed by atoms with Crippen molar-refractivity contribution in [2.45, 2.75) is 70.4 Å². The molecule has 1 aromatic carbocycles. The van der Waals surface area contributed by atoms with Crippen LogP contribution in [-0.2, 0) is 4.79 Å². The molecule has 3 rings (SSSR count). The van der Waals surface area contributed by atoms with Crippen LogP contribution in [0.25, 0.3) is 0 Å². The molecule has 0 radical (unpaired) electrons. The summed E-state index contributed by atoms with van der Waals surface area (Å²) in [7, 11) is 0. The number of benzene rings is 1. The van der Waals surface area contributed by atoms with Gasteiger partial charge in [0.25, 0.3) is 5.91 Å². The number of hydrogen-bond acceptors (Lipinski definition) is 3. The zero-order valence-electron chi connectivity index (χ0n) is 16.5. The lowest BCUT2D eigenvalue weighted by molar-refractivity contribution is -0.121. The Morgan fingerprint density at radius 2 is 1.81 bits per heavy atom. The number of hydrogen-bond donors (Lipinski definition) is 2. The molecule has 0 bridgehead atoms. The van der Waals surface area contributed by atoms with Gasteiger partial charge in [-0.2, -0.15) is 0 Å². The van der Waals surface area contributed by atoms with Crippen LogP contribution < -0.4 is 10.6 Å². The van der Waals surface area contributed by atoms with Gasteiger partial charge in [0.1, 0.15) is 0 Å². The second-order valence-corrected chi connectivity index (χ2v) is 8.01. The van der Waals surface area contributed by atoms with Gasteiger partial charge in [-0.3, -0.25) is 14.5 Å². The van der Waals surface area contributed by atoms with E-state index >= 15 is 0 Å². The van der Waals surface area contributed by atoms with E-state index in [2.05, 4.69) is 15.5 Å². The standard InChI is InChI=1S/C22H33N3O2/c1-17-8-6-7-11-20(17)22(27)23-14-12-21(26)24-18-13-15-25(16-18)19-9-4-2-3-5-10-19/h6-8,11,18-19H,2-5,9-10,12-16H2,1H3,(H,23,27)(H,24,26). The summed E-state index contributed by atoms with van der Waals surface area (Å²) in [5.41, 5.74) is 1.62. The quantitative estimate of drug-likeness (QED) is 0.756. The number of likely N-dealkylation sites (tertiary alicyclic amines) is 1. The van der Waals surface area contributed by atoms with Crippen molar-refractivity contribution in [2.75, 3.05) is 19.6 Å². The number of carbonyl (C=O) groups excluding carboxylic acids is 2. The molecular formula is C22H33N3O2. The normalized spacial score (nSPS) is 21.6. The zero-order chi connectivity index (χ0) is 19.1. The predicted octanol–water partition coefficient (Wildman–Crippen LogP) is 3.03. The molecule has 0 aromatic heterocycles. The van der Waals surface area contributed by atoms with Gasteiger partial charge in [-0.1, -0.05) is 43.9 Å². The summed E-state index contributed by atoms with van der Waals surface area (Å²) in [4.78, 5) is 27.0. The van der Waals surface area contributed by atoms with E-state index in [1.807, 2.05) is 31.2 Å². The van der Waals surface area contributed by atoms with Crippen molar-refractivity contribution in [3.05, 3.63) is 35.4 Å². The number of amides is 2. The Labute approximate surface area is 162 Å². The minimum absolute atomic E-state index is 0.0350. The molecule has 5 nitrogen and oxygen atoms in total. The van der Waals surface area contributed by atoms with Crippen LogP contribution >= 0.6 is 0 Å². The second-order valence-electron chi connectivity index (χ2n) is 8.01. The molecule has 27 heavy (non-hydrogen) atoms. The van der Waals surface area contributed by atoms with Gasteiger partial charge >= 0.3 is 0 Å². The number of nitrogens with one attached hydrogen (secondary N) is 2. The molecule has 2 fully saturated rings. The van der Waals surface area contributed by atoms with Crippen LogP contribution in [-0.4, -0.2) is 48.4 Å². The molecule has 1 heterocycles. The largest absolute Gasteiger partial charge is 0.352 e. The first-order valence-corrected chi connectivity index (χ1v) is 10.5. The van der Waals surface area contributed by atoms with Crippen LogP contribution in [0.4, 0.5) is 0 Å². The predicted molar refractivity (Wildman–Crippen MR) is 108 cm³/mol. The molecule has 1 unspecified atom stereocenters. The Hall–Kier alpha value is -1.88. The van der Waals surface area contributed by atoms with E-state index < -0.39 is 0 Å². The van der Waals surface area contributed by atoms with E-state index in [1.165, 1.54) is 38.5 Å². The molecule has 1 aliphatic heterocycles. The average molecular weight is 372 g/mol. The second kappa shape index (κ2) is 9.88. The third-order valence-corrected chi connectivity index (χ3v) is 5.95. The fourth-order valence-corrected chi connectivity index (χ4v) is 4.37. The van der Waals surface area contributed by atoms with E-state index in [0.29, 0.717) is 24.6 Å². The van der Waals surface area contributed by atoms with E-state index in [4.69, 9.17) is 0 Å². The fourth-order valence-electron chi connectivity index (χ4n) is 4.37. The fraction of sp³-hybridized carbons (Fsp3) is 0.636. The SMILES string of the molecule is Cc1ccccc1C(=O)NCCC(=O)NC1CCN(C2CCCCCC2)C1. The Bertz CT molecular complexity index is 638. The molecule has 0 spiro atoms. The third-order valence-electron chi connectivity index (χ3n) is 5.95. The number of rotatable bonds is 6. The number of aryl methyl sites for hydroxylation is 1. The van der Waals surface area contributed by atoms with E-state index in [-0.39, 0.29) is 17.9 Å². The van der Waals surface area contributed by atoms with Gasteiger partial charge in [-0.15, -0.1) is 0 Å². The summed E-state index contributed by atoms with van der Waals surface area (Å²) in [6, 6.07) is 8.47. The van der Waals surface area contributed by atoms with Crippen LogP contribution in [0, 0.1) is 6.92 Å². The zero-order valence-corrected chi connectivity index (χ0v) is 16.5. The molecule has 2 aliphatic rings. The summed E-state index contributed by atoms with van der Waals surface area (Å²) in [5, 5.41) is 6.01. The van der Waals surface area contributed by atoms with E-state index in [1.54, 1.807) is 0 Å². The summed E-state index contributed by atoms with van der Waals surface area (Å²) in [6.45, 7) is 4.37. The molecule has 1 atom stereocenters. The summed E-state index contributed by atoms with van der Waals surface area (Å²) in [6.07, 6.45) is 9.43. The van der Waals surface area contributed by atoms with Crippen molar-refractivity contribution in [3.63, 3.8) is 0 Å². The Morgan fingerprint density at radius 1 is 1.07 bits per heavy atom. The first kappa shape index (κ1) is 19.9. The van der Waals surface area contributed by atoms with Crippen molar-refractivity contribution in [3.8, 4) is 0 Å². The van der Waals surface area contributed by atoms with E-state index in [9.17, 15) is 9.59 Å². The highest BCUT2D eigenvalue weighted by atomic mass is 16.2. The van der Waals surface area contributed by atoms with Gasteiger partial charge in [0.15, 0.2) is 0 Å². The monoisotopic (exact) mass is 371 g/mol. The maximum Gasteiger partial charge on any atom is 0.251 e. The highest BCUT2D eigenvalue weighted by Gasteiger charge is 2.29. The van der Waals surface area contributed by atoms with Gasteiger partial charge in [0.2, 0.25) is 5.91 Å². The van der Waals surface area contributed by atoms with Gasteiger partial charge in [-0.05, 0) is 37.8 Å². The molecule has 1 aliphatic carbocycles. The molecule has 148 valence electrons. The Kier molecular flexibility index (Phi) is 7.27. The molecule has 1 saturated heterocycles. The Balaban J connectivity index is 1.36. The van der Waals surface area contributed by atoms with Crippen LogP contribution in [0.15, 0.2) is 24.3 Å². The molecule has 2 N–H and O–H groups in total. The van der Waals surface area contributed by atoms with Gasteiger partial charge in [-0.25, -0.2) is 0 Å². The van der Waals surface area contributed by atoms with Crippen LogP contribution in [0.5, 0.6) is 0 Å². The molecule has 2 amide bonds. The molecule has 1 saturated carbocycles. The van der Waals surface area contributed by atoms with Gasteiger partial charge < -0.3 is 10.6 Å². The molecule has 5 heteroatoms. The van der Waals surface area contributed by atoms with Crippen LogP contribution in [0.1, 0.15) is 67.3 Å². The van der Waals surface area contributed by atoms with Gasteiger partial charge in [0, 0.05) is 43.7 Å². The van der Waals surface area contributed by atoms with Crippen LogP contribution in [0.2, 0.25) is 0 Å². The lowest BCUT2D eigenvalue weighted by atomic mass is 10.1. The highest BCUT2D eigenvalue weighted by Crippen LogP contribution is 2.25. The van der Waals surface area contributed by atoms with Crippen molar-refractivity contribution < 1.29 is 9.59 Å². The highest BCUT2D eigenvalue weighted by molar-refractivity contribution is 5.95. The minimum Gasteiger partial charge on any atom is -0.352 e.